The first kappa shape index (κ1) is 12.7. The molecule has 2 saturated heterocycles. The average Bonchev–Trinajstić information content (AvgIpc) is 2.46. The molecule has 6 nitrogen and oxygen atoms in total. The normalized spacial score (nSPS) is 21.9. The van der Waals surface area contributed by atoms with E-state index in [1.165, 1.54) is 0 Å². The lowest BCUT2D eigenvalue weighted by molar-refractivity contribution is 0.0454. The molecule has 2 aliphatic rings. The van der Waals surface area contributed by atoms with Crippen LogP contribution >= 0.6 is 0 Å². The lowest BCUT2D eigenvalue weighted by atomic mass is 10.2. The van der Waals surface area contributed by atoms with Crippen LogP contribution in [0.5, 0.6) is 0 Å². The Kier molecular flexibility index (Phi) is 4.40. The predicted molar refractivity (Wildman–Crippen MR) is 63.0 cm³/mol. The van der Waals surface area contributed by atoms with Crippen molar-refractivity contribution < 1.29 is 9.47 Å². The summed E-state index contributed by atoms with van der Waals surface area (Å²) in [6, 6.07) is 4.33. The van der Waals surface area contributed by atoms with Crippen LogP contribution in [0, 0.1) is 22.7 Å². The molecule has 0 aromatic heterocycles. The topological polar surface area (TPSA) is 72.5 Å². The Hall–Kier alpha value is -1.76. The number of allylic oxidation sites excluding steroid dienone is 2. The van der Waals surface area contributed by atoms with E-state index >= 15 is 0 Å². The van der Waals surface area contributed by atoms with Crippen molar-refractivity contribution in [2.75, 3.05) is 52.6 Å². The van der Waals surface area contributed by atoms with E-state index in [-0.39, 0.29) is 0 Å². The summed E-state index contributed by atoms with van der Waals surface area (Å²) < 4.78 is 10.5. The Bertz CT molecular complexity index is 357. The molecule has 0 saturated carbocycles. The number of nitrogens with zero attached hydrogens (tertiary/aromatic N) is 4. The quantitative estimate of drug-likeness (QED) is 0.636. The first-order chi connectivity index (χ1) is 8.86. The van der Waals surface area contributed by atoms with Crippen molar-refractivity contribution in [2.45, 2.75) is 0 Å². The highest BCUT2D eigenvalue weighted by Gasteiger charge is 2.22. The molecule has 0 unspecified atom stereocenters. The Morgan fingerprint density at radius 3 is 1.33 bits per heavy atom. The maximum atomic E-state index is 9.31. The molecule has 0 aliphatic carbocycles. The summed E-state index contributed by atoms with van der Waals surface area (Å²) in [5.74, 6) is 0. The van der Waals surface area contributed by atoms with Gasteiger partial charge in [-0.25, -0.2) is 0 Å². The Labute approximate surface area is 107 Å². The fourth-order valence-electron chi connectivity index (χ4n) is 2.12. The maximum Gasteiger partial charge on any atom is 0.151 e. The standard InChI is InChI=1S/C12H16N4O2/c13-9-11(15-1-5-17-6-2-15)12(10-14)16-3-7-18-8-4-16/h1-8H2/b12-11-. The minimum Gasteiger partial charge on any atom is -0.378 e. The first-order valence-electron chi connectivity index (χ1n) is 6.06. The van der Waals surface area contributed by atoms with E-state index < -0.39 is 0 Å². The Morgan fingerprint density at radius 2 is 1.06 bits per heavy atom. The second-order valence-electron chi connectivity index (χ2n) is 4.12. The van der Waals surface area contributed by atoms with Gasteiger partial charge >= 0.3 is 0 Å². The SMILES string of the molecule is N#C/C(=C(\C#N)N1CCOCC1)N1CCOCC1. The van der Waals surface area contributed by atoms with Crippen LogP contribution in [-0.4, -0.2) is 62.4 Å². The van der Waals surface area contributed by atoms with Gasteiger partial charge < -0.3 is 19.3 Å². The third-order valence-electron chi connectivity index (χ3n) is 3.09. The summed E-state index contributed by atoms with van der Waals surface area (Å²) in [5.41, 5.74) is 0.922. The summed E-state index contributed by atoms with van der Waals surface area (Å²) in [6.45, 7) is 5.08. The second-order valence-corrected chi connectivity index (χ2v) is 4.12. The molecule has 18 heavy (non-hydrogen) atoms. The molecule has 0 N–H and O–H groups in total. The van der Waals surface area contributed by atoms with Gasteiger partial charge in [0.25, 0.3) is 0 Å². The predicted octanol–water partition coefficient (Wildman–Crippen LogP) is -0.0904. The van der Waals surface area contributed by atoms with Crippen molar-refractivity contribution in [3.05, 3.63) is 11.4 Å². The molecular weight excluding hydrogens is 232 g/mol. The van der Waals surface area contributed by atoms with Crippen LogP contribution in [0.3, 0.4) is 0 Å². The summed E-state index contributed by atoms with van der Waals surface area (Å²) >= 11 is 0. The fraction of sp³-hybridized carbons (Fsp3) is 0.667. The third kappa shape index (κ3) is 2.73. The third-order valence-corrected chi connectivity index (χ3v) is 3.09. The van der Waals surface area contributed by atoms with Crippen LogP contribution in [0.2, 0.25) is 0 Å². The van der Waals surface area contributed by atoms with Gasteiger partial charge in [0, 0.05) is 26.2 Å². The highest BCUT2D eigenvalue weighted by atomic mass is 16.5. The molecule has 96 valence electrons. The van der Waals surface area contributed by atoms with Crippen LogP contribution < -0.4 is 0 Å². The fourth-order valence-corrected chi connectivity index (χ4v) is 2.12. The zero-order valence-electron chi connectivity index (χ0n) is 10.3. The van der Waals surface area contributed by atoms with E-state index in [0.29, 0.717) is 64.0 Å². The van der Waals surface area contributed by atoms with E-state index in [9.17, 15) is 10.5 Å². The molecule has 6 heteroatoms. The molecule has 2 fully saturated rings. The van der Waals surface area contributed by atoms with E-state index in [1.807, 2.05) is 9.80 Å². The lowest BCUT2D eigenvalue weighted by Crippen LogP contribution is -2.40. The van der Waals surface area contributed by atoms with Crippen molar-refractivity contribution in [3.8, 4) is 12.1 Å². The Balaban J connectivity index is 2.21. The van der Waals surface area contributed by atoms with Gasteiger partial charge in [0.2, 0.25) is 0 Å². The van der Waals surface area contributed by atoms with Gasteiger partial charge in [0.05, 0.1) is 26.4 Å². The van der Waals surface area contributed by atoms with Gasteiger partial charge in [-0.15, -0.1) is 0 Å². The van der Waals surface area contributed by atoms with Crippen LogP contribution in [-0.2, 0) is 9.47 Å². The smallest absolute Gasteiger partial charge is 0.151 e. The van der Waals surface area contributed by atoms with Gasteiger partial charge in [-0.05, 0) is 0 Å². The second kappa shape index (κ2) is 6.25. The minimum absolute atomic E-state index is 0.461. The van der Waals surface area contributed by atoms with Gasteiger partial charge in [-0.3, -0.25) is 0 Å². The molecule has 0 aromatic rings. The monoisotopic (exact) mass is 248 g/mol. The minimum atomic E-state index is 0.461. The number of morpholine rings is 2. The summed E-state index contributed by atoms with van der Waals surface area (Å²) in [6.07, 6.45) is 0. The van der Waals surface area contributed by atoms with E-state index in [1.54, 1.807) is 0 Å². The maximum absolute atomic E-state index is 9.31. The van der Waals surface area contributed by atoms with E-state index in [2.05, 4.69) is 12.1 Å². The molecule has 0 aromatic carbocycles. The lowest BCUT2D eigenvalue weighted by Gasteiger charge is -2.33. The summed E-state index contributed by atoms with van der Waals surface area (Å²) in [7, 11) is 0. The Morgan fingerprint density at radius 1 is 0.722 bits per heavy atom. The molecule has 2 aliphatic heterocycles. The molecule has 0 amide bonds. The van der Waals surface area contributed by atoms with Crippen molar-refractivity contribution >= 4 is 0 Å². The van der Waals surface area contributed by atoms with Gasteiger partial charge in [-0.1, -0.05) is 0 Å². The average molecular weight is 248 g/mol. The number of ether oxygens (including phenoxy) is 2. The van der Waals surface area contributed by atoms with Gasteiger partial charge in [-0.2, -0.15) is 10.5 Å². The summed E-state index contributed by atoms with van der Waals surface area (Å²) in [5, 5.41) is 18.6. The molecule has 0 bridgehead atoms. The zero-order valence-corrected chi connectivity index (χ0v) is 10.3. The number of rotatable bonds is 2. The van der Waals surface area contributed by atoms with Crippen LogP contribution in [0.15, 0.2) is 11.4 Å². The zero-order chi connectivity index (χ0) is 12.8. The number of hydrogen-bond acceptors (Lipinski definition) is 6. The van der Waals surface area contributed by atoms with Gasteiger partial charge in [0.1, 0.15) is 12.1 Å². The van der Waals surface area contributed by atoms with Gasteiger partial charge in [0.15, 0.2) is 11.4 Å². The number of hydrogen-bond donors (Lipinski definition) is 0. The van der Waals surface area contributed by atoms with E-state index in [4.69, 9.17) is 9.47 Å². The number of nitriles is 2. The molecule has 2 heterocycles. The largest absolute Gasteiger partial charge is 0.378 e. The molecule has 0 radical (unpaired) electrons. The molecular formula is C12H16N4O2. The summed E-state index contributed by atoms with van der Waals surface area (Å²) in [4.78, 5) is 3.86. The van der Waals surface area contributed by atoms with Crippen LogP contribution in [0.4, 0.5) is 0 Å². The molecule has 2 rings (SSSR count). The highest BCUT2D eigenvalue weighted by Crippen LogP contribution is 2.16. The van der Waals surface area contributed by atoms with E-state index in [0.717, 1.165) is 0 Å². The van der Waals surface area contributed by atoms with Crippen molar-refractivity contribution in [1.82, 2.24) is 9.80 Å². The first-order valence-corrected chi connectivity index (χ1v) is 6.06. The van der Waals surface area contributed by atoms with Crippen LogP contribution in [0.1, 0.15) is 0 Å². The van der Waals surface area contributed by atoms with Crippen molar-refractivity contribution in [2.24, 2.45) is 0 Å². The van der Waals surface area contributed by atoms with Crippen LogP contribution in [0.25, 0.3) is 0 Å². The van der Waals surface area contributed by atoms with Crippen molar-refractivity contribution in [1.29, 1.82) is 10.5 Å². The molecule has 0 spiro atoms. The van der Waals surface area contributed by atoms with Crippen molar-refractivity contribution in [3.63, 3.8) is 0 Å². The highest BCUT2D eigenvalue weighted by molar-refractivity contribution is 5.35. The molecule has 0 atom stereocenters.